The molecule has 0 aliphatic heterocycles. The fourth-order valence-corrected chi connectivity index (χ4v) is 9.31. The van der Waals surface area contributed by atoms with Crippen LogP contribution in [0.3, 0.4) is 0 Å². The predicted octanol–water partition coefficient (Wildman–Crippen LogP) is 20.5. The summed E-state index contributed by atoms with van der Waals surface area (Å²) in [6.45, 7) is 4.21. The van der Waals surface area contributed by atoms with E-state index in [1.165, 1.54) is 238 Å². The summed E-state index contributed by atoms with van der Waals surface area (Å²) >= 11 is 0. The summed E-state index contributed by atoms with van der Waals surface area (Å²) in [5.41, 5.74) is 0. The van der Waals surface area contributed by atoms with E-state index < -0.39 is 12.1 Å². The predicted molar refractivity (Wildman–Crippen MR) is 308 cm³/mol. The highest BCUT2D eigenvalue weighted by Gasteiger charge is 2.18. The molecule has 402 valence electrons. The van der Waals surface area contributed by atoms with Crippen LogP contribution in [0.25, 0.3) is 0 Å². The fraction of sp³-hybridized carbons (Fsp3) is 0.800. The van der Waals surface area contributed by atoms with Gasteiger partial charge in [-0.1, -0.05) is 311 Å². The molecule has 2 unspecified atom stereocenters. The van der Waals surface area contributed by atoms with E-state index >= 15 is 0 Å². The second-order valence-corrected chi connectivity index (χ2v) is 20.7. The van der Waals surface area contributed by atoms with E-state index in [4.69, 9.17) is 0 Å². The number of carbonyl (C=O) groups excluding carboxylic acids is 1. The van der Waals surface area contributed by atoms with Gasteiger partial charge in [0.05, 0.1) is 18.8 Å². The van der Waals surface area contributed by atoms with E-state index in [2.05, 4.69) is 79.9 Å². The van der Waals surface area contributed by atoms with Crippen LogP contribution in [0.2, 0.25) is 0 Å². The van der Waals surface area contributed by atoms with Crippen molar-refractivity contribution in [2.45, 2.75) is 328 Å². The molecular weight excluding hydrogens is 843 g/mol. The SMILES string of the molecule is CC/C=C\C/C=C\C/C=C\C/C=C\CCCCCCCCCCCCCCCCCCC(=O)NC(CO)C(O)/C=C/CC/C=C/CCCCCCCCCCCCCCCCCCCCCCCC. The Kier molecular flexibility index (Phi) is 58.2. The molecule has 0 heterocycles. The van der Waals surface area contributed by atoms with Crippen molar-refractivity contribution in [1.82, 2.24) is 5.32 Å². The maximum Gasteiger partial charge on any atom is 0.220 e. The Morgan fingerprint density at radius 1 is 0.362 bits per heavy atom. The molecule has 4 nitrogen and oxygen atoms in total. The summed E-state index contributed by atoms with van der Waals surface area (Å²) < 4.78 is 0. The van der Waals surface area contributed by atoms with Gasteiger partial charge >= 0.3 is 0 Å². The average Bonchev–Trinajstić information content (AvgIpc) is 3.35. The van der Waals surface area contributed by atoms with E-state index in [9.17, 15) is 15.0 Å². The summed E-state index contributed by atoms with van der Waals surface area (Å²) in [4.78, 5) is 12.5. The molecule has 0 radical (unpaired) electrons. The van der Waals surface area contributed by atoms with Crippen molar-refractivity contribution in [1.29, 1.82) is 0 Å². The summed E-state index contributed by atoms with van der Waals surface area (Å²) in [6, 6.07) is -0.643. The molecule has 0 bridgehead atoms. The lowest BCUT2D eigenvalue weighted by Crippen LogP contribution is -2.45. The first kappa shape index (κ1) is 66.8. The minimum absolute atomic E-state index is 0.0717. The maximum absolute atomic E-state index is 12.5. The van der Waals surface area contributed by atoms with Gasteiger partial charge in [0.2, 0.25) is 5.91 Å². The van der Waals surface area contributed by atoms with Crippen molar-refractivity contribution in [3.63, 3.8) is 0 Å². The number of aliphatic hydroxyl groups excluding tert-OH is 2. The zero-order valence-corrected chi connectivity index (χ0v) is 46.3. The van der Waals surface area contributed by atoms with Gasteiger partial charge in [0.15, 0.2) is 0 Å². The van der Waals surface area contributed by atoms with Crippen molar-refractivity contribution in [2.24, 2.45) is 0 Å². The van der Waals surface area contributed by atoms with Crippen LogP contribution >= 0.6 is 0 Å². The van der Waals surface area contributed by atoms with Gasteiger partial charge in [0.25, 0.3) is 0 Å². The van der Waals surface area contributed by atoms with Crippen LogP contribution in [0, 0.1) is 0 Å². The molecule has 0 aromatic heterocycles. The van der Waals surface area contributed by atoms with E-state index in [0.29, 0.717) is 6.42 Å². The number of unbranched alkanes of at least 4 members (excludes halogenated alkanes) is 39. The quantitative estimate of drug-likeness (QED) is 0.0420. The Bertz CT molecular complexity index is 1180. The second kappa shape index (κ2) is 60.1. The summed E-state index contributed by atoms with van der Waals surface area (Å²) in [5, 5.41) is 23.2. The van der Waals surface area contributed by atoms with Crippen LogP contribution in [0.15, 0.2) is 72.9 Å². The Morgan fingerprint density at radius 2 is 0.652 bits per heavy atom. The molecule has 69 heavy (non-hydrogen) atoms. The zero-order valence-electron chi connectivity index (χ0n) is 46.3. The number of amides is 1. The molecular formula is C65H119NO3. The molecule has 0 aromatic carbocycles. The normalized spacial score (nSPS) is 13.3. The Hall–Kier alpha value is -2.17. The number of hydrogen-bond donors (Lipinski definition) is 3. The van der Waals surface area contributed by atoms with Crippen molar-refractivity contribution >= 4 is 5.91 Å². The minimum Gasteiger partial charge on any atom is -0.394 e. The third kappa shape index (κ3) is 56.6. The standard InChI is InChI=1S/C65H119NO3/c1-3-5-7-9-11-13-15-17-19-21-23-25-27-29-31-33-35-37-39-41-43-45-47-49-51-53-55-57-59-61-65(69)66-63(62-67)64(68)60-58-56-54-52-50-48-46-44-42-40-38-36-34-32-30-28-26-24-22-20-18-16-14-12-10-8-6-4-2/h5,7,11,13,17,19,23,25,50,52,58,60,63-64,67-68H,3-4,6,8-10,12,14-16,18,20-22,24,26-49,51,53-57,59,61-62H2,1-2H3,(H,66,69)/b7-5-,13-11-,19-17-,25-23-,52-50+,60-58+. The third-order valence-corrected chi connectivity index (χ3v) is 13.9. The molecule has 0 aliphatic rings. The van der Waals surface area contributed by atoms with Crippen LogP contribution < -0.4 is 5.32 Å². The molecule has 0 aromatic rings. The number of rotatable bonds is 56. The molecule has 0 saturated heterocycles. The highest BCUT2D eigenvalue weighted by Crippen LogP contribution is 2.17. The monoisotopic (exact) mass is 962 g/mol. The van der Waals surface area contributed by atoms with Gasteiger partial charge in [-0.25, -0.2) is 0 Å². The second-order valence-electron chi connectivity index (χ2n) is 20.7. The first-order valence-electron chi connectivity index (χ1n) is 30.7. The Balaban J connectivity index is 3.51. The number of nitrogens with one attached hydrogen (secondary N) is 1. The van der Waals surface area contributed by atoms with Gasteiger partial charge in [0, 0.05) is 6.42 Å². The van der Waals surface area contributed by atoms with Crippen molar-refractivity contribution in [3.05, 3.63) is 72.9 Å². The molecule has 0 rings (SSSR count). The highest BCUT2D eigenvalue weighted by molar-refractivity contribution is 5.76. The molecule has 0 aliphatic carbocycles. The highest BCUT2D eigenvalue weighted by atomic mass is 16.3. The number of hydrogen-bond acceptors (Lipinski definition) is 3. The van der Waals surface area contributed by atoms with Crippen LogP contribution in [-0.2, 0) is 4.79 Å². The van der Waals surface area contributed by atoms with Gasteiger partial charge in [-0.3, -0.25) is 4.79 Å². The van der Waals surface area contributed by atoms with Crippen LogP contribution in [-0.4, -0.2) is 34.9 Å². The summed E-state index contributed by atoms with van der Waals surface area (Å²) in [6.07, 6.45) is 86.6. The van der Waals surface area contributed by atoms with Crippen LogP contribution in [0.4, 0.5) is 0 Å². The lowest BCUT2D eigenvalue weighted by molar-refractivity contribution is -0.123. The van der Waals surface area contributed by atoms with Gasteiger partial charge in [-0.05, 0) is 70.6 Å². The third-order valence-electron chi connectivity index (χ3n) is 13.9. The van der Waals surface area contributed by atoms with E-state index in [1.807, 2.05) is 6.08 Å². The van der Waals surface area contributed by atoms with E-state index in [-0.39, 0.29) is 12.5 Å². The molecule has 0 spiro atoms. The summed E-state index contributed by atoms with van der Waals surface area (Å²) in [7, 11) is 0. The Morgan fingerprint density at radius 3 is 1.01 bits per heavy atom. The van der Waals surface area contributed by atoms with Crippen LogP contribution in [0.1, 0.15) is 316 Å². The Labute approximate surface area is 431 Å². The largest absolute Gasteiger partial charge is 0.394 e. The smallest absolute Gasteiger partial charge is 0.220 e. The minimum atomic E-state index is -0.866. The lowest BCUT2D eigenvalue weighted by atomic mass is 10.0. The number of allylic oxidation sites excluding steroid dienone is 11. The molecule has 4 heteroatoms. The first-order valence-corrected chi connectivity index (χ1v) is 30.7. The van der Waals surface area contributed by atoms with E-state index in [1.54, 1.807) is 6.08 Å². The summed E-state index contributed by atoms with van der Waals surface area (Å²) in [5.74, 6) is -0.0717. The lowest BCUT2D eigenvalue weighted by Gasteiger charge is -2.19. The first-order chi connectivity index (χ1) is 34.2. The molecule has 3 N–H and O–H groups in total. The van der Waals surface area contributed by atoms with E-state index in [0.717, 1.165) is 57.8 Å². The molecule has 0 saturated carbocycles. The topological polar surface area (TPSA) is 69.6 Å². The number of aliphatic hydroxyl groups is 2. The molecule has 0 fully saturated rings. The molecule has 1 amide bonds. The van der Waals surface area contributed by atoms with Crippen molar-refractivity contribution in [3.8, 4) is 0 Å². The van der Waals surface area contributed by atoms with Crippen molar-refractivity contribution in [2.75, 3.05) is 6.61 Å². The van der Waals surface area contributed by atoms with Crippen LogP contribution in [0.5, 0.6) is 0 Å². The zero-order chi connectivity index (χ0) is 49.9. The average molecular weight is 963 g/mol. The molecule has 2 atom stereocenters. The van der Waals surface area contributed by atoms with Gasteiger partial charge in [-0.2, -0.15) is 0 Å². The number of carbonyl (C=O) groups is 1. The van der Waals surface area contributed by atoms with Gasteiger partial charge in [-0.15, -0.1) is 0 Å². The van der Waals surface area contributed by atoms with Gasteiger partial charge in [0.1, 0.15) is 0 Å². The maximum atomic E-state index is 12.5. The van der Waals surface area contributed by atoms with Crippen molar-refractivity contribution < 1.29 is 15.0 Å². The fourth-order valence-electron chi connectivity index (χ4n) is 9.31. The van der Waals surface area contributed by atoms with Gasteiger partial charge < -0.3 is 15.5 Å².